The lowest BCUT2D eigenvalue weighted by atomic mass is 9.99. The van der Waals surface area contributed by atoms with Crippen molar-refractivity contribution in [2.24, 2.45) is 10.9 Å². The van der Waals surface area contributed by atoms with Crippen LogP contribution in [-0.2, 0) is 26.1 Å². The Morgan fingerprint density at radius 2 is 2.17 bits per heavy atom. The molecule has 0 spiro atoms. The Hall–Kier alpha value is -2.48. The molecule has 0 bridgehead atoms. The molecule has 154 valence electrons. The largest absolute Gasteiger partial charge is 0.465 e. The topological polar surface area (TPSA) is 98.0 Å². The first kappa shape index (κ1) is 21.2. The molecule has 1 fully saturated rings. The van der Waals surface area contributed by atoms with Gasteiger partial charge in [-0.3, -0.25) is 4.79 Å². The van der Waals surface area contributed by atoms with Crippen molar-refractivity contribution in [1.82, 2.24) is 8.87 Å². The minimum Gasteiger partial charge on any atom is -0.465 e. The molecule has 2 aromatic rings. The van der Waals surface area contributed by atoms with Crippen molar-refractivity contribution in [2.45, 2.75) is 19.4 Å². The van der Waals surface area contributed by atoms with Crippen LogP contribution in [0.2, 0.25) is 0 Å². The number of thiazole rings is 1. The molecule has 0 radical (unpaired) electrons. The average molecular weight is 436 g/mol. The number of carbonyl (C=O) groups excluding carboxylic acids is 2. The smallest absolute Gasteiger partial charge is 0.337 e. The van der Waals surface area contributed by atoms with Gasteiger partial charge in [0.15, 0.2) is 4.80 Å². The molecule has 1 saturated heterocycles. The van der Waals surface area contributed by atoms with E-state index in [1.165, 1.54) is 22.8 Å². The van der Waals surface area contributed by atoms with Gasteiger partial charge in [0, 0.05) is 13.1 Å². The van der Waals surface area contributed by atoms with Crippen LogP contribution in [0.25, 0.3) is 10.2 Å². The van der Waals surface area contributed by atoms with Crippen molar-refractivity contribution >= 4 is 43.5 Å². The Balaban J connectivity index is 2.00. The first-order valence-electron chi connectivity index (χ1n) is 8.93. The van der Waals surface area contributed by atoms with Gasteiger partial charge in [-0.25, -0.2) is 17.5 Å². The van der Waals surface area contributed by atoms with Crippen LogP contribution in [0, 0.1) is 18.3 Å². The standard InChI is InChI=1S/C19H21N3O5S2/c1-4-9-22-15-8-7-13(18(24)27-2)11-16(15)28-19(22)20-17(23)14-6-5-10-21(12-14)29(3,25)26/h1,7-8,11,14H,5-6,9-10,12H2,2-3H3. The first-order chi connectivity index (χ1) is 13.7. The van der Waals surface area contributed by atoms with E-state index in [4.69, 9.17) is 11.2 Å². The van der Waals surface area contributed by atoms with E-state index in [-0.39, 0.29) is 19.0 Å². The molecular formula is C19H21N3O5S2. The zero-order valence-corrected chi connectivity index (χ0v) is 17.8. The number of esters is 1. The summed E-state index contributed by atoms with van der Waals surface area (Å²) < 4.78 is 32.1. The molecule has 1 unspecified atom stereocenters. The Morgan fingerprint density at radius 1 is 1.41 bits per heavy atom. The third kappa shape index (κ3) is 4.58. The van der Waals surface area contributed by atoms with Crippen molar-refractivity contribution < 1.29 is 22.7 Å². The van der Waals surface area contributed by atoms with Crippen LogP contribution in [0.4, 0.5) is 0 Å². The summed E-state index contributed by atoms with van der Waals surface area (Å²) in [7, 11) is -2.04. The first-order valence-corrected chi connectivity index (χ1v) is 11.6. The Labute approximate surface area is 172 Å². The molecule has 1 aromatic heterocycles. The molecule has 2 heterocycles. The third-order valence-electron chi connectivity index (χ3n) is 4.76. The van der Waals surface area contributed by atoms with Gasteiger partial charge in [-0.2, -0.15) is 4.99 Å². The van der Waals surface area contributed by atoms with Crippen molar-refractivity contribution in [3.63, 3.8) is 0 Å². The van der Waals surface area contributed by atoms with Gasteiger partial charge in [-0.1, -0.05) is 17.3 Å². The van der Waals surface area contributed by atoms with E-state index in [1.807, 2.05) is 0 Å². The van der Waals surface area contributed by atoms with Gasteiger partial charge in [0.1, 0.15) is 0 Å². The highest BCUT2D eigenvalue weighted by Gasteiger charge is 2.30. The Morgan fingerprint density at radius 3 is 2.83 bits per heavy atom. The molecule has 1 amide bonds. The molecule has 0 aliphatic carbocycles. The number of piperidine rings is 1. The maximum Gasteiger partial charge on any atom is 0.337 e. The predicted molar refractivity (Wildman–Crippen MR) is 110 cm³/mol. The molecule has 8 nitrogen and oxygen atoms in total. The summed E-state index contributed by atoms with van der Waals surface area (Å²) in [4.78, 5) is 29.2. The number of sulfonamides is 1. The van der Waals surface area contributed by atoms with Crippen LogP contribution in [0.15, 0.2) is 23.2 Å². The number of terminal acetylenes is 1. The molecule has 29 heavy (non-hydrogen) atoms. The summed E-state index contributed by atoms with van der Waals surface area (Å²) in [5.74, 6) is 1.23. The van der Waals surface area contributed by atoms with Crippen molar-refractivity contribution in [1.29, 1.82) is 0 Å². The number of nitrogens with zero attached hydrogens (tertiary/aromatic N) is 3. The fourth-order valence-corrected chi connectivity index (χ4v) is 5.26. The highest BCUT2D eigenvalue weighted by atomic mass is 32.2. The van der Waals surface area contributed by atoms with E-state index in [9.17, 15) is 18.0 Å². The summed E-state index contributed by atoms with van der Waals surface area (Å²) in [5, 5.41) is 0. The van der Waals surface area contributed by atoms with E-state index in [2.05, 4.69) is 10.9 Å². The minimum atomic E-state index is -3.35. The van der Waals surface area contributed by atoms with Crippen LogP contribution in [0.1, 0.15) is 23.2 Å². The number of hydrogen-bond donors (Lipinski definition) is 0. The predicted octanol–water partition coefficient (Wildman–Crippen LogP) is 1.22. The van der Waals surface area contributed by atoms with Crippen molar-refractivity contribution in [3.05, 3.63) is 28.6 Å². The maximum absolute atomic E-state index is 12.8. The zero-order chi connectivity index (χ0) is 21.2. The highest BCUT2D eigenvalue weighted by Crippen LogP contribution is 2.22. The van der Waals surface area contributed by atoms with Gasteiger partial charge in [-0.05, 0) is 31.0 Å². The number of ether oxygens (including phenoxy) is 1. The number of fused-ring (bicyclic) bond motifs is 1. The zero-order valence-electron chi connectivity index (χ0n) is 16.1. The maximum atomic E-state index is 12.8. The van der Waals surface area contributed by atoms with Crippen LogP contribution in [-0.4, -0.2) is 55.6 Å². The number of hydrogen-bond acceptors (Lipinski definition) is 6. The van der Waals surface area contributed by atoms with Gasteiger partial charge in [-0.15, -0.1) is 6.42 Å². The van der Waals surface area contributed by atoms with Crippen LogP contribution < -0.4 is 4.80 Å². The number of rotatable bonds is 4. The quantitative estimate of drug-likeness (QED) is 0.531. The van der Waals surface area contributed by atoms with Gasteiger partial charge in [0.05, 0.1) is 41.6 Å². The lowest BCUT2D eigenvalue weighted by Gasteiger charge is -2.28. The van der Waals surface area contributed by atoms with E-state index in [0.717, 1.165) is 16.5 Å². The monoisotopic (exact) mass is 435 g/mol. The van der Waals surface area contributed by atoms with Crippen LogP contribution in [0.5, 0.6) is 0 Å². The summed E-state index contributed by atoms with van der Waals surface area (Å²) in [6, 6.07) is 5.05. The summed E-state index contributed by atoms with van der Waals surface area (Å²) in [6.07, 6.45) is 7.81. The normalized spacial score (nSPS) is 18.5. The highest BCUT2D eigenvalue weighted by molar-refractivity contribution is 7.88. The molecule has 1 aliphatic heterocycles. The van der Waals surface area contributed by atoms with Gasteiger partial charge in [0.2, 0.25) is 10.0 Å². The number of methoxy groups -OCH3 is 1. The number of aromatic nitrogens is 1. The minimum absolute atomic E-state index is 0.133. The van der Waals surface area contributed by atoms with Gasteiger partial charge >= 0.3 is 5.97 Å². The van der Waals surface area contributed by atoms with E-state index >= 15 is 0 Å². The third-order valence-corrected chi connectivity index (χ3v) is 7.07. The van der Waals surface area contributed by atoms with Crippen LogP contribution in [0.3, 0.4) is 0 Å². The Bertz CT molecular complexity index is 1170. The lowest BCUT2D eigenvalue weighted by Crippen LogP contribution is -2.41. The second-order valence-electron chi connectivity index (χ2n) is 6.76. The van der Waals surface area contributed by atoms with Crippen molar-refractivity contribution in [3.8, 4) is 12.3 Å². The lowest BCUT2D eigenvalue weighted by molar-refractivity contribution is -0.122. The molecule has 0 saturated carbocycles. The van der Waals surface area contributed by atoms with E-state index in [1.54, 1.807) is 22.8 Å². The molecule has 3 rings (SSSR count). The molecule has 10 heteroatoms. The fourth-order valence-electron chi connectivity index (χ4n) is 3.28. The van der Waals surface area contributed by atoms with Gasteiger partial charge < -0.3 is 9.30 Å². The molecule has 1 aliphatic rings. The number of benzene rings is 1. The Kier molecular flexibility index (Phi) is 6.21. The van der Waals surface area contributed by atoms with Gasteiger partial charge in [0.25, 0.3) is 5.91 Å². The second-order valence-corrected chi connectivity index (χ2v) is 9.75. The number of amides is 1. The average Bonchev–Trinajstić information content (AvgIpc) is 3.03. The second kappa shape index (κ2) is 8.49. The van der Waals surface area contributed by atoms with Crippen molar-refractivity contribution in [2.75, 3.05) is 26.5 Å². The summed E-state index contributed by atoms with van der Waals surface area (Å²) in [6.45, 7) is 0.760. The SMILES string of the molecule is C#CCn1c(=NC(=O)C2CCCN(S(C)(=O)=O)C2)sc2cc(C(=O)OC)ccc21. The van der Waals surface area contributed by atoms with Crippen LogP contribution >= 0.6 is 11.3 Å². The molecular weight excluding hydrogens is 414 g/mol. The summed E-state index contributed by atoms with van der Waals surface area (Å²) in [5.41, 5.74) is 1.15. The van der Waals surface area contributed by atoms with E-state index < -0.39 is 21.9 Å². The number of carbonyl (C=O) groups is 2. The fraction of sp³-hybridized carbons (Fsp3) is 0.421. The molecule has 1 aromatic carbocycles. The molecule has 1 atom stereocenters. The van der Waals surface area contributed by atoms with E-state index in [0.29, 0.717) is 29.8 Å². The molecule has 0 N–H and O–H groups in total. The summed E-state index contributed by atoms with van der Waals surface area (Å²) >= 11 is 1.24.